The molecule has 1 saturated heterocycles. The van der Waals surface area contributed by atoms with Crippen LogP contribution in [0, 0.1) is 12.7 Å². The van der Waals surface area contributed by atoms with Crippen LogP contribution in [0.15, 0.2) is 97.3 Å². The van der Waals surface area contributed by atoms with E-state index in [0.717, 1.165) is 11.1 Å². The van der Waals surface area contributed by atoms with Gasteiger partial charge in [-0.25, -0.2) is 9.18 Å². The van der Waals surface area contributed by atoms with E-state index in [0.29, 0.717) is 16.8 Å². The lowest BCUT2D eigenvalue weighted by molar-refractivity contribution is -0.121. The zero-order chi connectivity index (χ0) is 27.4. The molecule has 39 heavy (non-hydrogen) atoms. The number of rotatable bonds is 7. The molecule has 9 heteroatoms. The maximum atomic E-state index is 13.8. The highest BCUT2D eigenvalue weighted by atomic mass is 19.1. The lowest BCUT2D eigenvalue weighted by Crippen LogP contribution is -2.43. The number of anilines is 2. The van der Waals surface area contributed by atoms with Gasteiger partial charge in [0.05, 0.1) is 12.1 Å². The predicted octanol–water partition coefficient (Wildman–Crippen LogP) is 5.48. The van der Waals surface area contributed by atoms with E-state index in [1.807, 2.05) is 31.2 Å². The summed E-state index contributed by atoms with van der Waals surface area (Å²) in [5.41, 5.74) is 3.61. The molecule has 3 aromatic carbocycles. The normalized spacial score (nSPS) is 16.5. The monoisotopic (exact) mass is 524 g/mol. The second-order valence-electron chi connectivity index (χ2n) is 9.18. The topological polar surface area (TPSA) is 101 Å². The van der Waals surface area contributed by atoms with Crippen molar-refractivity contribution in [1.82, 2.24) is 9.88 Å². The Bertz CT molecular complexity index is 1510. The van der Waals surface area contributed by atoms with Gasteiger partial charge in [0.2, 0.25) is 0 Å². The number of amides is 3. The summed E-state index contributed by atoms with van der Waals surface area (Å²) in [7, 11) is 0. The molecule has 0 saturated carbocycles. The highest BCUT2D eigenvalue weighted by Gasteiger charge is 2.47. The van der Waals surface area contributed by atoms with Crippen molar-refractivity contribution < 1.29 is 23.5 Å². The van der Waals surface area contributed by atoms with Gasteiger partial charge in [0, 0.05) is 23.8 Å². The first-order valence-electron chi connectivity index (χ1n) is 12.3. The van der Waals surface area contributed by atoms with E-state index in [1.54, 1.807) is 48.7 Å². The largest absolute Gasteiger partial charge is 0.438 e. The second kappa shape index (κ2) is 11.1. The highest BCUT2D eigenvalue weighted by Crippen LogP contribution is 2.35. The Morgan fingerprint density at radius 1 is 0.949 bits per heavy atom. The number of carbonyl (C=O) groups excluding carboxylic acids is 3. The van der Waals surface area contributed by atoms with Gasteiger partial charge in [-0.05, 0) is 60.5 Å². The van der Waals surface area contributed by atoms with E-state index in [4.69, 9.17) is 4.74 Å². The molecule has 0 radical (unpaired) electrons. The number of carbonyl (C=O) groups is 3. The number of cyclic esters (lactones) is 1. The Hall–Kier alpha value is -5.05. The van der Waals surface area contributed by atoms with Crippen LogP contribution in [0.3, 0.4) is 0 Å². The molecule has 1 fully saturated rings. The average Bonchev–Trinajstić information content (AvgIpc) is 3.25. The lowest BCUT2D eigenvalue weighted by Gasteiger charge is -2.24. The van der Waals surface area contributed by atoms with E-state index in [1.165, 1.54) is 29.3 Å². The minimum atomic E-state index is -1.03. The first-order valence-corrected chi connectivity index (χ1v) is 12.3. The van der Waals surface area contributed by atoms with Crippen molar-refractivity contribution >= 4 is 29.3 Å². The van der Waals surface area contributed by atoms with Crippen LogP contribution in [-0.2, 0) is 16.1 Å². The molecule has 2 N–H and O–H groups in total. The zero-order valence-corrected chi connectivity index (χ0v) is 21.0. The minimum Gasteiger partial charge on any atom is -0.438 e. The molecule has 196 valence electrons. The molecule has 2 heterocycles. The third kappa shape index (κ3) is 5.93. The summed E-state index contributed by atoms with van der Waals surface area (Å²) in [6.07, 6.45) is 1.47. The van der Waals surface area contributed by atoms with Gasteiger partial charge in [-0.3, -0.25) is 19.5 Å². The Kier molecular flexibility index (Phi) is 7.31. The van der Waals surface area contributed by atoms with E-state index in [2.05, 4.69) is 15.6 Å². The zero-order valence-electron chi connectivity index (χ0n) is 21.0. The third-order valence-electron chi connectivity index (χ3n) is 6.30. The molecule has 3 amide bonds. The molecule has 1 aliphatic rings. The second-order valence-corrected chi connectivity index (χ2v) is 9.18. The van der Waals surface area contributed by atoms with E-state index in [-0.39, 0.29) is 18.1 Å². The minimum absolute atomic E-state index is 0.150. The number of hydrogen-bond acceptors (Lipinski definition) is 5. The van der Waals surface area contributed by atoms with Crippen molar-refractivity contribution in [1.29, 1.82) is 0 Å². The van der Waals surface area contributed by atoms with Gasteiger partial charge in [-0.15, -0.1) is 0 Å². The van der Waals surface area contributed by atoms with Crippen molar-refractivity contribution in [3.63, 3.8) is 0 Å². The number of nitrogens with one attached hydrogen (secondary N) is 2. The Morgan fingerprint density at radius 3 is 2.46 bits per heavy atom. The molecule has 5 rings (SSSR count). The maximum Gasteiger partial charge on any atom is 0.411 e. The number of pyridine rings is 1. The number of aryl methyl sites for hydroxylation is 1. The van der Waals surface area contributed by atoms with Gasteiger partial charge < -0.3 is 15.4 Å². The van der Waals surface area contributed by atoms with E-state index in [9.17, 15) is 18.8 Å². The maximum absolute atomic E-state index is 13.8. The average molecular weight is 525 g/mol. The highest BCUT2D eigenvalue weighted by molar-refractivity contribution is 6.04. The Morgan fingerprint density at radius 2 is 1.74 bits per heavy atom. The third-order valence-corrected chi connectivity index (χ3v) is 6.30. The standard InChI is InChI=1S/C30H25FN4O4/c1-19-5-2-6-20(15-19)18-35-26(29(37)34-25-9-3-8-23(31)16-25)27(39-30(35)38)21-10-12-24(13-11-21)33-28(36)22-7-4-14-32-17-22/h2-17,26-27H,18H2,1H3,(H,33,36)(H,34,37). The molecular weight excluding hydrogens is 499 g/mol. The smallest absolute Gasteiger partial charge is 0.411 e. The van der Waals surface area contributed by atoms with Gasteiger partial charge in [-0.2, -0.15) is 0 Å². The predicted molar refractivity (Wildman–Crippen MR) is 143 cm³/mol. The molecule has 4 aromatic rings. The van der Waals surface area contributed by atoms with Crippen molar-refractivity contribution in [2.75, 3.05) is 10.6 Å². The summed E-state index contributed by atoms with van der Waals surface area (Å²) in [5, 5.41) is 5.50. The van der Waals surface area contributed by atoms with E-state index < -0.39 is 30.0 Å². The molecule has 0 spiro atoms. The number of benzene rings is 3. The quantitative estimate of drug-likeness (QED) is 0.333. The first kappa shape index (κ1) is 25.6. The molecular formula is C30H25FN4O4. The van der Waals surface area contributed by atoms with Crippen LogP contribution in [0.1, 0.15) is 33.2 Å². The van der Waals surface area contributed by atoms with Gasteiger partial charge >= 0.3 is 6.09 Å². The van der Waals surface area contributed by atoms with Crippen LogP contribution in [0.4, 0.5) is 20.6 Å². The van der Waals surface area contributed by atoms with Crippen LogP contribution in [-0.4, -0.2) is 33.8 Å². The van der Waals surface area contributed by atoms with Gasteiger partial charge in [0.15, 0.2) is 12.1 Å². The van der Waals surface area contributed by atoms with Crippen LogP contribution in [0.5, 0.6) is 0 Å². The molecule has 2 atom stereocenters. The van der Waals surface area contributed by atoms with Gasteiger partial charge in [-0.1, -0.05) is 48.0 Å². The van der Waals surface area contributed by atoms with Crippen molar-refractivity contribution in [2.24, 2.45) is 0 Å². The van der Waals surface area contributed by atoms with Crippen LogP contribution in [0.25, 0.3) is 0 Å². The van der Waals surface area contributed by atoms with Gasteiger partial charge in [0.25, 0.3) is 11.8 Å². The van der Waals surface area contributed by atoms with E-state index >= 15 is 0 Å². The van der Waals surface area contributed by atoms with Crippen molar-refractivity contribution in [3.05, 3.63) is 125 Å². The molecule has 1 aromatic heterocycles. The molecule has 1 aliphatic heterocycles. The number of aromatic nitrogens is 1. The molecule has 0 aliphatic carbocycles. The number of hydrogen-bond donors (Lipinski definition) is 2. The fourth-order valence-electron chi connectivity index (χ4n) is 4.46. The fourth-order valence-corrected chi connectivity index (χ4v) is 4.46. The summed E-state index contributed by atoms with van der Waals surface area (Å²) < 4.78 is 19.5. The van der Waals surface area contributed by atoms with Crippen molar-refractivity contribution in [2.45, 2.75) is 25.6 Å². The Labute approximate surface area is 224 Å². The summed E-state index contributed by atoms with van der Waals surface area (Å²) in [5.74, 6) is -1.33. The number of halogens is 1. The summed E-state index contributed by atoms with van der Waals surface area (Å²) in [6, 6.07) is 22.2. The summed E-state index contributed by atoms with van der Waals surface area (Å²) >= 11 is 0. The summed E-state index contributed by atoms with van der Waals surface area (Å²) in [4.78, 5) is 44.3. The fraction of sp³-hybridized carbons (Fsp3) is 0.133. The summed E-state index contributed by atoms with van der Waals surface area (Å²) in [6.45, 7) is 2.09. The van der Waals surface area contributed by atoms with Crippen LogP contribution < -0.4 is 10.6 Å². The number of nitrogens with zero attached hydrogens (tertiary/aromatic N) is 2. The SMILES string of the molecule is Cc1cccc(CN2C(=O)OC(c3ccc(NC(=O)c4cccnc4)cc3)C2C(=O)Nc2cccc(F)c2)c1. The molecule has 2 unspecified atom stereocenters. The van der Waals surface area contributed by atoms with Crippen LogP contribution in [0.2, 0.25) is 0 Å². The number of ether oxygens (including phenoxy) is 1. The Balaban J connectivity index is 1.40. The first-order chi connectivity index (χ1) is 18.9. The van der Waals surface area contributed by atoms with Gasteiger partial charge in [0.1, 0.15) is 5.82 Å². The van der Waals surface area contributed by atoms with Crippen LogP contribution >= 0.6 is 0 Å². The molecule has 0 bridgehead atoms. The molecule has 8 nitrogen and oxygen atoms in total. The van der Waals surface area contributed by atoms with Crippen molar-refractivity contribution in [3.8, 4) is 0 Å². The lowest BCUT2D eigenvalue weighted by atomic mass is 10.00.